The fraction of sp³-hybridized carbons (Fsp3) is 0.500. The molecule has 0 spiro atoms. The molecule has 3 aromatic rings. The van der Waals surface area contributed by atoms with Gasteiger partial charge in [-0.25, -0.2) is 9.97 Å². The Morgan fingerprint density at radius 1 is 0.971 bits per heavy atom. The van der Waals surface area contributed by atoms with Crippen LogP contribution in [0.2, 0.25) is 0 Å². The summed E-state index contributed by atoms with van der Waals surface area (Å²) in [5.41, 5.74) is 1.86. The highest BCUT2D eigenvalue weighted by molar-refractivity contribution is 5.94. The molecule has 0 radical (unpaired) electrons. The Kier molecular flexibility index (Phi) is 7.87. The van der Waals surface area contributed by atoms with E-state index >= 15 is 0 Å². The van der Waals surface area contributed by atoms with Crippen molar-refractivity contribution in [3.05, 3.63) is 71.8 Å². The van der Waals surface area contributed by atoms with Crippen molar-refractivity contribution in [2.24, 2.45) is 0 Å². The molecule has 3 N–H and O–H groups in total. The van der Waals surface area contributed by atoms with Crippen LogP contribution in [0.15, 0.2) is 49.1 Å². The molecule has 1 aromatic carbocycles. The highest BCUT2D eigenvalue weighted by Gasteiger charge is 2.26. The van der Waals surface area contributed by atoms with E-state index in [1.807, 2.05) is 12.1 Å². The predicted molar refractivity (Wildman–Crippen MR) is 132 cm³/mol. The summed E-state index contributed by atoms with van der Waals surface area (Å²) in [7, 11) is 0. The van der Waals surface area contributed by atoms with Gasteiger partial charge in [0.1, 0.15) is 11.6 Å². The summed E-state index contributed by atoms with van der Waals surface area (Å²) >= 11 is 0. The zero-order chi connectivity index (χ0) is 23.9. The Morgan fingerprint density at radius 2 is 1.60 bits per heavy atom. The van der Waals surface area contributed by atoms with Crippen LogP contribution in [0.5, 0.6) is 0 Å². The van der Waals surface area contributed by atoms with Gasteiger partial charge < -0.3 is 24.9 Å². The van der Waals surface area contributed by atoms with Crippen LogP contribution in [0.3, 0.4) is 0 Å². The second kappa shape index (κ2) is 11.6. The number of morpholine rings is 1. The van der Waals surface area contributed by atoms with E-state index in [1.165, 1.54) is 31.2 Å². The van der Waals surface area contributed by atoms with Crippen LogP contribution in [-0.4, -0.2) is 74.0 Å². The first-order chi connectivity index (χ1) is 17.2. The minimum absolute atomic E-state index is 0.0428. The molecule has 2 aromatic heterocycles. The monoisotopic (exact) mass is 477 g/mol. The van der Waals surface area contributed by atoms with Gasteiger partial charge in [0.25, 0.3) is 5.91 Å². The van der Waals surface area contributed by atoms with E-state index in [4.69, 9.17) is 4.74 Å². The van der Waals surface area contributed by atoms with E-state index in [9.17, 15) is 4.79 Å². The Bertz CT molecular complexity index is 986. The highest BCUT2D eigenvalue weighted by Crippen LogP contribution is 2.24. The van der Waals surface area contributed by atoms with Gasteiger partial charge in [-0.05, 0) is 43.4 Å². The minimum atomic E-state index is -0.0428. The van der Waals surface area contributed by atoms with Crippen LogP contribution in [-0.2, 0) is 24.4 Å². The molecule has 1 amide bonds. The van der Waals surface area contributed by atoms with Gasteiger partial charge in [-0.3, -0.25) is 9.69 Å². The largest absolute Gasteiger partial charge is 0.379 e. The van der Waals surface area contributed by atoms with Crippen molar-refractivity contribution in [1.82, 2.24) is 35.1 Å². The average Bonchev–Trinajstić information content (AvgIpc) is 3.63. The average molecular weight is 478 g/mol. The summed E-state index contributed by atoms with van der Waals surface area (Å²) in [6.07, 6.45) is 11.9. The second-order valence-corrected chi connectivity index (χ2v) is 9.46. The molecule has 0 unspecified atom stereocenters. The number of amides is 1. The van der Waals surface area contributed by atoms with Crippen molar-refractivity contribution in [3.8, 4) is 0 Å². The van der Waals surface area contributed by atoms with E-state index in [0.29, 0.717) is 30.7 Å². The highest BCUT2D eigenvalue weighted by atomic mass is 16.5. The molecule has 0 atom stereocenters. The van der Waals surface area contributed by atoms with E-state index in [0.717, 1.165) is 44.5 Å². The Morgan fingerprint density at radius 3 is 2.17 bits per heavy atom. The molecular weight excluding hydrogens is 442 g/mol. The first kappa shape index (κ1) is 23.7. The van der Waals surface area contributed by atoms with Crippen LogP contribution in [0.4, 0.5) is 0 Å². The lowest BCUT2D eigenvalue weighted by Gasteiger charge is -2.39. The van der Waals surface area contributed by atoms with Gasteiger partial charge in [0, 0.05) is 62.1 Å². The Hall–Kier alpha value is -3.01. The van der Waals surface area contributed by atoms with E-state index in [1.54, 1.807) is 29.7 Å². The number of benzene rings is 1. The molecule has 1 aliphatic heterocycles. The molecule has 1 aliphatic carbocycles. The number of H-pyrrole nitrogens is 2. The summed E-state index contributed by atoms with van der Waals surface area (Å²) in [6, 6.07) is 9.23. The van der Waals surface area contributed by atoms with Crippen molar-refractivity contribution < 1.29 is 9.53 Å². The topological polar surface area (TPSA) is 102 Å². The van der Waals surface area contributed by atoms with Gasteiger partial charge in [0.05, 0.1) is 26.3 Å². The van der Waals surface area contributed by atoms with Gasteiger partial charge in [0.2, 0.25) is 0 Å². The third-order valence-corrected chi connectivity index (χ3v) is 7.13. The number of ether oxygens (including phenoxy) is 1. The lowest BCUT2D eigenvalue weighted by atomic mass is 9.90. The van der Waals surface area contributed by atoms with Crippen LogP contribution in [0.25, 0.3) is 0 Å². The number of nitrogens with one attached hydrogen (secondary N) is 3. The number of carbonyl (C=O) groups excluding carboxylic acids is 1. The van der Waals surface area contributed by atoms with Crippen LogP contribution >= 0.6 is 0 Å². The van der Waals surface area contributed by atoms with E-state index in [2.05, 4.69) is 42.3 Å². The molecule has 0 bridgehead atoms. The number of carbonyl (C=O) groups is 1. The zero-order valence-corrected chi connectivity index (χ0v) is 20.2. The third-order valence-electron chi connectivity index (χ3n) is 7.13. The first-order valence-electron chi connectivity index (χ1n) is 12.6. The minimum Gasteiger partial charge on any atom is -0.379 e. The third kappa shape index (κ3) is 6.36. The maximum absolute atomic E-state index is 13.3. The van der Waals surface area contributed by atoms with Crippen LogP contribution < -0.4 is 5.32 Å². The van der Waals surface area contributed by atoms with Crippen LogP contribution in [0, 0.1) is 0 Å². The molecule has 2 aliphatic rings. The quantitative estimate of drug-likeness (QED) is 0.438. The summed E-state index contributed by atoms with van der Waals surface area (Å²) in [6.45, 7) is 5.51. The fourth-order valence-corrected chi connectivity index (χ4v) is 5.13. The van der Waals surface area contributed by atoms with E-state index in [-0.39, 0.29) is 5.91 Å². The lowest BCUT2D eigenvalue weighted by molar-refractivity contribution is 0.00652. The summed E-state index contributed by atoms with van der Waals surface area (Å²) in [4.78, 5) is 32.4. The number of nitrogens with zero attached hydrogens (tertiary/aromatic N) is 4. The normalized spacial score (nSPS) is 21.1. The predicted octanol–water partition coefficient (Wildman–Crippen LogP) is 2.71. The van der Waals surface area contributed by atoms with Crippen LogP contribution in [0.1, 0.15) is 53.3 Å². The van der Waals surface area contributed by atoms with Gasteiger partial charge >= 0.3 is 0 Å². The first-order valence-corrected chi connectivity index (χ1v) is 12.6. The summed E-state index contributed by atoms with van der Waals surface area (Å²) < 4.78 is 5.50. The molecule has 2 fully saturated rings. The lowest BCUT2D eigenvalue weighted by Crippen LogP contribution is -2.47. The number of aromatic amines is 2. The summed E-state index contributed by atoms with van der Waals surface area (Å²) in [5.74, 6) is 1.45. The zero-order valence-electron chi connectivity index (χ0n) is 20.2. The molecule has 9 nitrogen and oxygen atoms in total. The van der Waals surface area contributed by atoms with Crippen molar-refractivity contribution in [2.45, 2.75) is 57.4 Å². The number of hydrogen-bond acceptors (Lipinski definition) is 6. The summed E-state index contributed by atoms with van der Waals surface area (Å²) in [5, 5.41) is 3.73. The van der Waals surface area contributed by atoms with Gasteiger partial charge in [-0.1, -0.05) is 12.1 Å². The van der Waals surface area contributed by atoms with Gasteiger partial charge in [0.15, 0.2) is 0 Å². The number of rotatable bonds is 9. The molecular formula is C26H35N7O2. The molecule has 1 saturated heterocycles. The van der Waals surface area contributed by atoms with Gasteiger partial charge in [-0.2, -0.15) is 0 Å². The Labute approximate surface area is 206 Å². The molecule has 186 valence electrons. The SMILES string of the molecule is O=C(c1ccc(CNC2CCC(N3CCOCC3)CC2)cc1)N(Cc1ncc[nH]1)Cc1ncc[nH]1. The number of imidazole rings is 2. The van der Waals surface area contributed by atoms with Gasteiger partial charge in [-0.15, -0.1) is 0 Å². The smallest absolute Gasteiger partial charge is 0.254 e. The maximum atomic E-state index is 13.3. The number of aromatic nitrogens is 4. The van der Waals surface area contributed by atoms with Crippen molar-refractivity contribution in [1.29, 1.82) is 0 Å². The van der Waals surface area contributed by atoms with Crippen molar-refractivity contribution in [2.75, 3.05) is 26.3 Å². The molecule has 35 heavy (non-hydrogen) atoms. The van der Waals surface area contributed by atoms with Crippen molar-refractivity contribution >= 4 is 5.91 Å². The van der Waals surface area contributed by atoms with E-state index < -0.39 is 0 Å². The molecule has 1 saturated carbocycles. The van der Waals surface area contributed by atoms with Crippen molar-refractivity contribution in [3.63, 3.8) is 0 Å². The number of hydrogen-bond donors (Lipinski definition) is 3. The maximum Gasteiger partial charge on any atom is 0.254 e. The molecule has 3 heterocycles. The second-order valence-electron chi connectivity index (χ2n) is 9.46. The molecule has 9 heteroatoms. The Balaban J connectivity index is 1.13. The standard InChI is InChI=1S/C26H35N7O2/c34-26(33(18-24-27-9-10-28-24)19-25-29-11-12-30-25)21-3-1-20(2-4-21)17-31-22-5-7-23(8-6-22)32-13-15-35-16-14-32/h1-4,9-12,22-23,31H,5-8,13-19H2,(H,27,28)(H,29,30). The molecule has 5 rings (SSSR count). The fourth-order valence-electron chi connectivity index (χ4n) is 5.13.